The molecule has 0 aromatic heterocycles. The number of rotatable bonds is 6. The van der Waals surface area contributed by atoms with E-state index in [0.29, 0.717) is 0 Å². The molecule has 14 heteroatoms. The SMILES string of the molecule is CC1[C@H](C)[Si](ONO)(N(O)O)C[Si]1(ONO)N(O)O. The van der Waals surface area contributed by atoms with Crippen molar-refractivity contribution in [1.82, 2.24) is 21.1 Å². The van der Waals surface area contributed by atoms with Crippen molar-refractivity contribution in [3.8, 4) is 0 Å². The van der Waals surface area contributed by atoms with Gasteiger partial charge in [0.2, 0.25) is 0 Å². The molecule has 3 unspecified atom stereocenters. The van der Waals surface area contributed by atoms with Crippen LogP contribution in [0, 0.1) is 0 Å². The van der Waals surface area contributed by atoms with Crippen LogP contribution in [0.25, 0.3) is 0 Å². The molecule has 1 aliphatic rings. The second-order valence-electron chi connectivity index (χ2n) is 4.41. The predicted octanol–water partition coefficient (Wildman–Crippen LogP) is -0.815. The van der Waals surface area contributed by atoms with E-state index < -0.39 is 28.0 Å². The molecule has 1 aliphatic heterocycles. The number of nitrogens with zero attached hydrogens (tertiary/aromatic N) is 2. The molecule has 114 valence electrons. The summed E-state index contributed by atoms with van der Waals surface area (Å²) >= 11 is 0. The predicted molar refractivity (Wildman–Crippen MR) is 58.0 cm³/mol. The second kappa shape index (κ2) is 6.16. The molecule has 1 rings (SSSR count). The lowest BCUT2D eigenvalue weighted by molar-refractivity contribution is -0.267. The van der Waals surface area contributed by atoms with E-state index >= 15 is 0 Å². The highest BCUT2D eigenvalue weighted by molar-refractivity contribution is 6.95. The summed E-state index contributed by atoms with van der Waals surface area (Å²) in [6, 6.07) is 0. The van der Waals surface area contributed by atoms with E-state index in [1.165, 1.54) is 11.3 Å². The third-order valence-corrected chi connectivity index (χ3v) is 14.3. The lowest BCUT2D eigenvalue weighted by Gasteiger charge is -2.32. The van der Waals surface area contributed by atoms with E-state index in [9.17, 15) is 20.8 Å². The van der Waals surface area contributed by atoms with Crippen molar-refractivity contribution in [1.29, 1.82) is 0 Å². The smallest absolute Gasteiger partial charge is 0.298 e. The zero-order valence-corrected chi connectivity index (χ0v) is 12.3. The number of hydrogen-bond acceptors (Lipinski definition) is 12. The molecule has 1 heterocycles. The van der Waals surface area contributed by atoms with E-state index in [1.54, 1.807) is 13.8 Å². The molecule has 19 heavy (non-hydrogen) atoms. The first-order valence-electron chi connectivity index (χ1n) is 5.28. The number of hydrogen-bond donors (Lipinski definition) is 8. The van der Waals surface area contributed by atoms with Crippen LogP contribution in [0.5, 0.6) is 0 Å². The fraction of sp³-hybridized carbons (Fsp3) is 1.00. The minimum atomic E-state index is -3.60. The van der Waals surface area contributed by atoms with Crippen LogP contribution >= 0.6 is 0 Å². The second-order valence-corrected chi connectivity index (χ2v) is 12.2. The minimum Gasteiger partial charge on any atom is -0.298 e. The summed E-state index contributed by atoms with van der Waals surface area (Å²) in [5.74, 6) is 0. The summed E-state index contributed by atoms with van der Waals surface area (Å²) in [5, 5.41) is 54.9. The lowest BCUT2D eigenvalue weighted by Crippen LogP contribution is -2.61. The Hall–Kier alpha value is -0.0462. The zero-order valence-electron chi connectivity index (χ0n) is 10.3. The van der Waals surface area contributed by atoms with Gasteiger partial charge in [-0.1, -0.05) is 34.9 Å². The molecule has 0 aromatic rings. The minimum absolute atomic E-state index is 0.156. The maximum absolute atomic E-state index is 9.38. The highest BCUT2D eigenvalue weighted by atomic mass is 28.4. The summed E-state index contributed by atoms with van der Waals surface area (Å²) in [6.07, 6.45) is 0. The van der Waals surface area contributed by atoms with Gasteiger partial charge in [-0.3, -0.25) is 40.3 Å². The standard InChI is InChI=1S/C5H18N4O8Si2/c1-4-5(2)19(9(14)15,17-7-11)3-18(4,8(12)13)16-6-10/h4-7,10-15H,3H2,1-2H3/t4-,5?,18?,19?/m0/s1. The van der Waals surface area contributed by atoms with Crippen molar-refractivity contribution in [2.45, 2.75) is 30.6 Å². The van der Waals surface area contributed by atoms with E-state index in [0.717, 1.165) is 0 Å². The molecule has 0 saturated carbocycles. The van der Waals surface area contributed by atoms with E-state index in [1.807, 2.05) is 0 Å². The van der Waals surface area contributed by atoms with Gasteiger partial charge >= 0.3 is 17.0 Å². The molecule has 8 N–H and O–H groups in total. The van der Waals surface area contributed by atoms with Crippen molar-refractivity contribution in [2.75, 3.05) is 0 Å². The fourth-order valence-corrected chi connectivity index (χ4v) is 14.4. The normalized spacial score (nSPS) is 39.5. The van der Waals surface area contributed by atoms with Gasteiger partial charge in [-0.25, -0.2) is 0 Å². The molecule has 0 bridgehead atoms. The van der Waals surface area contributed by atoms with Crippen LogP contribution in [0.15, 0.2) is 0 Å². The fourth-order valence-electron chi connectivity index (χ4n) is 2.47. The molecule has 0 spiro atoms. The molecule has 0 radical (unpaired) electrons. The van der Waals surface area contributed by atoms with Crippen LogP contribution in [-0.4, -0.2) is 58.0 Å². The van der Waals surface area contributed by atoms with Crippen LogP contribution in [0.3, 0.4) is 0 Å². The van der Waals surface area contributed by atoms with Gasteiger partial charge in [0.25, 0.3) is 0 Å². The van der Waals surface area contributed by atoms with E-state index in [4.69, 9.17) is 19.5 Å². The van der Waals surface area contributed by atoms with Crippen LogP contribution in [-0.2, 0) is 9.05 Å². The molecule has 0 amide bonds. The summed E-state index contributed by atoms with van der Waals surface area (Å²) in [4.78, 5) is -0.313. The molecule has 12 nitrogen and oxygen atoms in total. The average molecular weight is 318 g/mol. The Bertz CT molecular complexity index is 285. The molecular formula is C5H18N4O8Si2. The van der Waals surface area contributed by atoms with Gasteiger partial charge in [-0.15, -0.1) is 0 Å². The van der Waals surface area contributed by atoms with Gasteiger partial charge in [0.15, 0.2) is 0 Å². The monoisotopic (exact) mass is 318 g/mol. The third kappa shape index (κ3) is 2.60. The van der Waals surface area contributed by atoms with Crippen molar-refractivity contribution >= 4 is 17.0 Å². The molecule has 4 atom stereocenters. The quantitative estimate of drug-likeness (QED) is 0.226. The van der Waals surface area contributed by atoms with Gasteiger partial charge in [0.1, 0.15) is 0 Å². The van der Waals surface area contributed by atoms with Crippen LogP contribution in [0.1, 0.15) is 13.8 Å². The summed E-state index contributed by atoms with van der Waals surface area (Å²) in [7, 11) is -7.21. The first kappa shape index (κ1) is 17.0. The highest BCUT2D eigenvalue weighted by Crippen LogP contribution is 2.53. The van der Waals surface area contributed by atoms with Gasteiger partial charge in [0, 0.05) is 5.67 Å². The van der Waals surface area contributed by atoms with Crippen LogP contribution in [0.2, 0.25) is 16.7 Å². The van der Waals surface area contributed by atoms with Crippen LogP contribution in [0.4, 0.5) is 0 Å². The molecule has 0 aromatic carbocycles. The Kier molecular flexibility index (Phi) is 5.51. The van der Waals surface area contributed by atoms with Gasteiger partial charge in [-0.05, 0) is 11.1 Å². The first-order chi connectivity index (χ1) is 8.78. The maximum atomic E-state index is 9.38. The third-order valence-electron chi connectivity index (χ3n) is 3.80. The van der Waals surface area contributed by atoms with Crippen molar-refractivity contribution in [3.63, 3.8) is 0 Å². The molecule has 0 aliphatic carbocycles. The van der Waals surface area contributed by atoms with E-state index in [-0.39, 0.29) is 15.5 Å². The van der Waals surface area contributed by atoms with Crippen molar-refractivity contribution < 1.29 is 40.3 Å². The van der Waals surface area contributed by atoms with Crippen molar-refractivity contribution in [3.05, 3.63) is 0 Å². The summed E-state index contributed by atoms with van der Waals surface area (Å²) in [6.45, 7) is 3.15. The Morgan fingerprint density at radius 1 is 0.895 bits per heavy atom. The molecular weight excluding hydrogens is 300 g/mol. The average Bonchev–Trinajstić information content (AvgIpc) is 2.54. The highest BCUT2D eigenvalue weighted by Gasteiger charge is 2.71. The molecule has 1 fully saturated rings. The van der Waals surface area contributed by atoms with Gasteiger partial charge in [-0.2, -0.15) is 0 Å². The largest absolute Gasteiger partial charge is 0.358 e. The zero-order chi connectivity index (χ0) is 14.8. The first-order valence-corrected chi connectivity index (χ1v) is 9.56. The van der Waals surface area contributed by atoms with Gasteiger partial charge in [0.05, 0.1) is 0 Å². The van der Waals surface area contributed by atoms with E-state index in [2.05, 4.69) is 0 Å². The maximum Gasteiger partial charge on any atom is 0.358 e. The van der Waals surface area contributed by atoms with Gasteiger partial charge < -0.3 is 0 Å². The number of nitrogens with one attached hydrogen (secondary N) is 2. The molecule has 1 saturated heterocycles. The van der Waals surface area contributed by atoms with Crippen molar-refractivity contribution in [2.24, 2.45) is 0 Å². The Morgan fingerprint density at radius 2 is 1.21 bits per heavy atom. The summed E-state index contributed by atoms with van der Waals surface area (Å²) in [5.41, 5.74) is 1.36. The lowest BCUT2D eigenvalue weighted by atomic mass is 10.4. The summed E-state index contributed by atoms with van der Waals surface area (Å²) < 4.78 is 9.71. The Morgan fingerprint density at radius 3 is 1.42 bits per heavy atom. The Balaban J connectivity index is 3.20. The van der Waals surface area contributed by atoms with Crippen LogP contribution < -0.4 is 11.3 Å². The Labute approximate surface area is 110 Å². The topological polar surface area (TPSA) is 170 Å².